The van der Waals surface area contributed by atoms with Gasteiger partial charge in [0.15, 0.2) is 0 Å². The molecule has 2 heterocycles. The number of sulfonamides is 2. The second-order valence-corrected chi connectivity index (χ2v) is 11.9. The Hall–Kier alpha value is -2.79. The molecule has 9 nitrogen and oxygen atoms in total. The number of phenols is 1. The van der Waals surface area contributed by atoms with E-state index in [4.69, 9.17) is 0 Å². The third-order valence-electron chi connectivity index (χ3n) is 5.48. The molecule has 0 saturated heterocycles. The fraction of sp³-hybridized carbons (Fsp3) is 0.381. The Morgan fingerprint density at radius 1 is 1.25 bits per heavy atom. The Balaban J connectivity index is 1.69. The molecular formula is C21H26N4O5S2. The van der Waals surface area contributed by atoms with E-state index in [0.717, 1.165) is 30.5 Å². The topological polar surface area (TPSA) is 128 Å². The fourth-order valence-electron chi connectivity index (χ4n) is 3.98. The smallest absolute Gasteiger partial charge is 0.286 e. The van der Waals surface area contributed by atoms with Gasteiger partial charge in [0.2, 0.25) is 10.0 Å². The lowest BCUT2D eigenvalue weighted by atomic mass is 9.99. The third kappa shape index (κ3) is 4.53. The first-order valence-corrected chi connectivity index (χ1v) is 13.6. The number of rotatable bonds is 6. The Kier molecular flexibility index (Phi) is 5.58. The van der Waals surface area contributed by atoms with Gasteiger partial charge in [-0.3, -0.25) is 4.72 Å². The number of nitrogens with one attached hydrogen (secondary N) is 2. The molecule has 0 spiro atoms. The largest absolute Gasteiger partial charge is 0.508 e. The molecule has 3 N–H and O–H groups in total. The molecule has 2 aliphatic rings. The number of amidine groups is 1. The zero-order valence-electron chi connectivity index (χ0n) is 18.0. The lowest BCUT2D eigenvalue weighted by Gasteiger charge is -2.24. The van der Waals surface area contributed by atoms with Gasteiger partial charge in [-0.05, 0) is 42.2 Å². The summed E-state index contributed by atoms with van der Waals surface area (Å²) >= 11 is 0. The lowest BCUT2D eigenvalue weighted by Crippen LogP contribution is -2.32. The molecule has 0 aliphatic carbocycles. The van der Waals surface area contributed by atoms with Crippen LogP contribution in [0.25, 0.3) is 0 Å². The molecule has 2 aromatic rings. The van der Waals surface area contributed by atoms with Gasteiger partial charge >= 0.3 is 0 Å². The molecule has 0 bridgehead atoms. The Labute approximate surface area is 188 Å². The van der Waals surface area contributed by atoms with Crippen molar-refractivity contribution in [1.82, 2.24) is 0 Å². The Bertz CT molecular complexity index is 1300. The monoisotopic (exact) mass is 478 g/mol. The molecule has 0 radical (unpaired) electrons. The van der Waals surface area contributed by atoms with Gasteiger partial charge in [-0.25, -0.2) is 8.42 Å². The van der Waals surface area contributed by atoms with E-state index in [1.807, 2.05) is 0 Å². The highest BCUT2D eigenvalue weighted by molar-refractivity contribution is 7.92. The number of hydrogen-bond donors (Lipinski definition) is 3. The van der Waals surface area contributed by atoms with Gasteiger partial charge in [-0.15, -0.1) is 4.40 Å². The second kappa shape index (κ2) is 7.96. The average Bonchev–Trinajstić information content (AvgIpc) is 3.03. The van der Waals surface area contributed by atoms with Crippen LogP contribution >= 0.6 is 0 Å². The maximum absolute atomic E-state index is 13.0. The maximum Gasteiger partial charge on any atom is 0.286 e. The molecule has 2 aliphatic heterocycles. The number of benzene rings is 2. The van der Waals surface area contributed by atoms with E-state index in [0.29, 0.717) is 24.0 Å². The molecule has 1 unspecified atom stereocenters. The molecule has 32 heavy (non-hydrogen) atoms. The standard InChI is InChI=1S/C21H26N4O5S2/c1-13(2)8-9-25-12-17(16-6-5-15(26)11-19(16)25)21-22-18-7-4-14(23-31(3,27)28)10-20(18)32(29,30)24-21/h4-7,10-11,13,17,23,26H,8-9,12H2,1-3H3,(H,22,24). The van der Waals surface area contributed by atoms with Crippen LogP contribution in [0.4, 0.5) is 17.1 Å². The quantitative estimate of drug-likeness (QED) is 0.582. The van der Waals surface area contributed by atoms with Crippen molar-refractivity contribution in [3.05, 3.63) is 42.0 Å². The van der Waals surface area contributed by atoms with Gasteiger partial charge in [-0.2, -0.15) is 8.42 Å². The van der Waals surface area contributed by atoms with E-state index in [2.05, 4.69) is 33.2 Å². The fourth-order valence-corrected chi connectivity index (χ4v) is 5.74. The van der Waals surface area contributed by atoms with Crippen molar-refractivity contribution in [3.8, 4) is 5.75 Å². The number of hydrogen-bond acceptors (Lipinski definition) is 7. The number of phenolic OH excluding ortho intramolecular Hbond substituents is 1. The first-order valence-electron chi connectivity index (χ1n) is 10.2. The van der Waals surface area contributed by atoms with Gasteiger partial charge in [0.25, 0.3) is 10.0 Å². The summed E-state index contributed by atoms with van der Waals surface area (Å²) in [5.74, 6) is 0.651. The number of nitrogens with zero attached hydrogens (tertiary/aromatic N) is 2. The van der Waals surface area contributed by atoms with Crippen LogP contribution in [-0.4, -0.2) is 47.1 Å². The predicted octanol–water partition coefficient (Wildman–Crippen LogP) is 2.93. The minimum absolute atomic E-state index is 0.0875. The molecular weight excluding hydrogens is 452 g/mol. The van der Waals surface area contributed by atoms with Crippen LogP contribution in [0.15, 0.2) is 45.7 Å². The van der Waals surface area contributed by atoms with Crippen LogP contribution in [0.5, 0.6) is 5.75 Å². The predicted molar refractivity (Wildman–Crippen MR) is 126 cm³/mol. The van der Waals surface area contributed by atoms with Gasteiger partial charge in [0.1, 0.15) is 16.5 Å². The SMILES string of the molecule is CC(C)CCN1CC(C2=NS(=O)(=O)c3cc(NS(C)(=O)=O)ccc3N2)c2ccc(O)cc21. The van der Waals surface area contributed by atoms with E-state index in [1.165, 1.54) is 18.2 Å². The molecule has 4 rings (SSSR count). The summed E-state index contributed by atoms with van der Waals surface area (Å²) in [7, 11) is -7.58. The van der Waals surface area contributed by atoms with Gasteiger partial charge < -0.3 is 15.3 Å². The summed E-state index contributed by atoms with van der Waals surface area (Å²) in [6.45, 7) is 5.60. The van der Waals surface area contributed by atoms with Crippen LogP contribution < -0.4 is 14.9 Å². The van der Waals surface area contributed by atoms with Crippen molar-refractivity contribution in [2.45, 2.75) is 31.1 Å². The van der Waals surface area contributed by atoms with E-state index < -0.39 is 20.0 Å². The number of aromatic hydroxyl groups is 1. The lowest BCUT2D eigenvalue weighted by molar-refractivity contribution is 0.475. The molecule has 172 valence electrons. The highest BCUT2D eigenvalue weighted by Crippen LogP contribution is 2.41. The Morgan fingerprint density at radius 2 is 2.00 bits per heavy atom. The minimum atomic E-state index is -4.04. The zero-order chi connectivity index (χ0) is 23.3. The molecule has 2 aromatic carbocycles. The first-order chi connectivity index (χ1) is 14.9. The van der Waals surface area contributed by atoms with Crippen molar-refractivity contribution in [1.29, 1.82) is 0 Å². The van der Waals surface area contributed by atoms with E-state index in [9.17, 15) is 21.9 Å². The number of anilines is 3. The summed E-state index contributed by atoms with van der Waals surface area (Å²) in [6.07, 6.45) is 1.95. The summed E-state index contributed by atoms with van der Waals surface area (Å²) in [6, 6.07) is 9.38. The summed E-state index contributed by atoms with van der Waals surface area (Å²) in [4.78, 5) is 2.06. The zero-order valence-corrected chi connectivity index (χ0v) is 19.7. The summed E-state index contributed by atoms with van der Waals surface area (Å²) in [5, 5.41) is 13.1. The Morgan fingerprint density at radius 3 is 2.69 bits per heavy atom. The normalized spacial score (nSPS) is 19.2. The third-order valence-corrected chi connectivity index (χ3v) is 7.42. The van der Waals surface area contributed by atoms with Gasteiger partial charge in [-0.1, -0.05) is 19.9 Å². The van der Waals surface area contributed by atoms with Crippen LogP contribution in [0, 0.1) is 5.92 Å². The highest BCUT2D eigenvalue weighted by Gasteiger charge is 2.36. The molecule has 11 heteroatoms. The van der Waals surface area contributed by atoms with Crippen LogP contribution in [0.2, 0.25) is 0 Å². The van der Waals surface area contributed by atoms with Crippen molar-refractivity contribution >= 4 is 42.9 Å². The molecule has 0 aromatic heterocycles. The highest BCUT2D eigenvalue weighted by atomic mass is 32.2. The van der Waals surface area contributed by atoms with Crippen molar-refractivity contribution < 1.29 is 21.9 Å². The average molecular weight is 479 g/mol. The van der Waals surface area contributed by atoms with Crippen LogP contribution in [0.1, 0.15) is 31.7 Å². The van der Waals surface area contributed by atoms with Crippen molar-refractivity contribution in [3.63, 3.8) is 0 Å². The molecule has 1 atom stereocenters. The molecule has 0 saturated carbocycles. The summed E-state index contributed by atoms with van der Waals surface area (Å²) in [5.41, 5.74) is 2.26. The molecule has 0 fully saturated rings. The van der Waals surface area contributed by atoms with E-state index >= 15 is 0 Å². The maximum atomic E-state index is 13.0. The second-order valence-electron chi connectivity index (χ2n) is 8.59. The first kappa shape index (κ1) is 22.4. The van der Waals surface area contributed by atoms with Gasteiger partial charge in [0.05, 0.1) is 17.9 Å². The van der Waals surface area contributed by atoms with Crippen molar-refractivity contribution in [2.75, 3.05) is 34.3 Å². The van der Waals surface area contributed by atoms with E-state index in [1.54, 1.807) is 18.2 Å². The van der Waals surface area contributed by atoms with E-state index in [-0.39, 0.29) is 22.3 Å². The van der Waals surface area contributed by atoms with Gasteiger partial charge in [0, 0.05) is 30.5 Å². The van der Waals surface area contributed by atoms with Crippen molar-refractivity contribution in [2.24, 2.45) is 10.3 Å². The van der Waals surface area contributed by atoms with Crippen LogP contribution in [0.3, 0.4) is 0 Å². The minimum Gasteiger partial charge on any atom is -0.508 e. The number of fused-ring (bicyclic) bond motifs is 2. The molecule has 0 amide bonds. The van der Waals surface area contributed by atoms with Crippen LogP contribution in [-0.2, 0) is 20.0 Å². The summed E-state index contributed by atoms with van der Waals surface area (Å²) < 4.78 is 55.2.